The molecule has 0 bridgehead atoms. The largest absolute Gasteiger partial charge is 0.371 e. The molecular formula is C50H63N11O4. The van der Waals surface area contributed by atoms with Gasteiger partial charge in [-0.05, 0) is 98.2 Å². The zero-order valence-corrected chi connectivity index (χ0v) is 38.2. The molecule has 3 amide bonds. The van der Waals surface area contributed by atoms with E-state index < -0.39 is 6.04 Å². The Morgan fingerprint density at radius 2 is 1.68 bits per heavy atom. The topological polar surface area (TPSA) is 168 Å². The first-order chi connectivity index (χ1) is 31.7. The molecule has 0 radical (unpaired) electrons. The van der Waals surface area contributed by atoms with E-state index in [-0.39, 0.29) is 24.1 Å². The molecule has 5 aliphatic rings. The van der Waals surface area contributed by atoms with Crippen LogP contribution < -0.4 is 31.1 Å². The molecule has 1 spiro atoms. The number of carbonyl (C=O) groups is 4. The first kappa shape index (κ1) is 45.2. The van der Waals surface area contributed by atoms with Crippen molar-refractivity contribution in [2.45, 2.75) is 90.3 Å². The van der Waals surface area contributed by atoms with E-state index in [4.69, 9.17) is 9.97 Å². The van der Waals surface area contributed by atoms with Crippen molar-refractivity contribution in [3.05, 3.63) is 101 Å². The number of pyridine rings is 1. The van der Waals surface area contributed by atoms with Gasteiger partial charge in [0.15, 0.2) is 0 Å². The highest BCUT2D eigenvalue weighted by Crippen LogP contribution is 2.45. The van der Waals surface area contributed by atoms with Crippen LogP contribution in [-0.2, 0) is 22.6 Å². The van der Waals surface area contributed by atoms with Crippen molar-refractivity contribution in [2.24, 2.45) is 5.41 Å². The molecule has 3 saturated heterocycles. The van der Waals surface area contributed by atoms with Gasteiger partial charge < -0.3 is 40.8 Å². The highest BCUT2D eigenvalue weighted by atomic mass is 16.2. The van der Waals surface area contributed by atoms with Crippen molar-refractivity contribution < 1.29 is 19.2 Å². The van der Waals surface area contributed by atoms with Crippen LogP contribution in [0.2, 0.25) is 0 Å². The molecule has 2 aromatic heterocycles. The van der Waals surface area contributed by atoms with E-state index in [2.05, 4.69) is 78.7 Å². The first-order valence-electron chi connectivity index (χ1n) is 23.4. The van der Waals surface area contributed by atoms with Crippen molar-refractivity contribution in [1.82, 2.24) is 35.4 Å². The van der Waals surface area contributed by atoms with E-state index in [0.29, 0.717) is 65.6 Å². The van der Waals surface area contributed by atoms with E-state index in [1.54, 1.807) is 18.0 Å². The fraction of sp³-hybridized carbons (Fsp3) is 0.460. The SMILES string of the molecule is C=CCNC(=O)c1cnc(Nc2ccc(N3CCC(N4CC5(CN(c6ccc7c(c6)CN(C(C=O)CCC(=O)NC)C7=O)C5)C4)CC3)cc2)nc1Nc1ccc2c(n1)C(CC)CC2.CC. The minimum atomic E-state index is -0.615. The number of carbonyl (C=O) groups excluding carboxylic acids is 4. The van der Waals surface area contributed by atoms with E-state index >= 15 is 0 Å². The molecule has 0 saturated carbocycles. The van der Waals surface area contributed by atoms with Gasteiger partial charge in [0.1, 0.15) is 23.5 Å². The molecule has 6 heterocycles. The number of benzene rings is 2. The van der Waals surface area contributed by atoms with Gasteiger partial charge in [0.25, 0.3) is 11.8 Å². The molecule has 3 fully saturated rings. The van der Waals surface area contributed by atoms with Crippen LogP contribution in [0.1, 0.15) is 103 Å². The number of hydrogen-bond acceptors (Lipinski definition) is 12. The second-order valence-electron chi connectivity index (χ2n) is 17.8. The van der Waals surface area contributed by atoms with Gasteiger partial charge >= 0.3 is 0 Å². The summed E-state index contributed by atoms with van der Waals surface area (Å²) in [5, 5.41) is 12.1. The Kier molecular flexibility index (Phi) is 13.8. The number of amides is 3. The lowest BCUT2D eigenvalue weighted by Gasteiger charge is -2.63. The standard InChI is InChI=1S/C48H57N11O4.C2H6/c1-4-20-50-45(62)40-24-51-47(55-44(40)54-41-16-8-32-7-6-31(5-2)43(32)53-41)52-34-9-11-35(12-10-34)56-21-18-36(19-22-56)57-27-48(28-57)29-58(30-48)37-13-15-39-33(23-37)25-59(46(39)63)38(26-60)14-17-42(61)49-3;1-2/h4,8-13,15-16,23-24,26,31,36,38H,1,5-7,14,17-22,25,27-30H2,2-3H3,(H,49,61)(H,50,62)(H2,51,52,53,54,55);1-2H3. The third-order valence-electron chi connectivity index (χ3n) is 13.7. The summed E-state index contributed by atoms with van der Waals surface area (Å²) in [6.45, 7) is 16.9. The molecule has 65 heavy (non-hydrogen) atoms. The number of aryl methyl sites for hydroxylation is 1. The fourth-order valence-electron chi connectivity index (χ4n) is 10.2. The fourth-order valence-corrected chi connectivity index (χ4v) is 10.2. The van der Waals surface area contributed by atoms with Crippen molar-refractivity contribution in [1.29, 1.82) is 0 Å². The lowest BCUT2D eigenvalue weighted by molar-refractivity contribution is -0.121. The molecule has 4 aliphatic heterocycles. The van der Waals surface area contributed by atoms with Crippen LogP contribution in [0.25, 0.3) is 0 Å². The Morgan fingerprint density at radius 1 is 0.923 bits per heavy atom. The Balaban J connectivity index is 0.00000284. The number of aldehydes is 1. The molecule has 2 unspecified atom stereocenters. The number of rotatable bonds is 16. The molecule has 15 heteroatoms. The maximum absolute atomic E-state index is 13.2. The van der Waals surface area contributed by atoms with Crippen LogP contribution in [-0.4, -0.2) is 114 Å². The van der Waals surface area contributed by atoms with Crippen molar-refractivity contribution >= 4 is 58.7 Å². The van der Waals surface area contributed by atoms with Crippen LogP contribution in [0.5, 0.6) is 0 Å². The minimum Gasteiger partial charge on any atom is -0.371 e. The van der Waals surface area contributed by atoms with Gasteiger partial charge in [0.05, 0.1) is 6.04 Å². The summed E-state index contributed by atoms with van der Waals surface area (Å²) in [6.07, 6.45) is 9.91. The minimum absolute atomic E-state index is 0.140. The van der Waals surface area contributed by atoms with Crippen LogP contribution in [0, 0.1) is 5.41 Å². The maximum Gasteiger partial charge on any atom is 0.256 e. The quantitative estimate of drug-likeness (QED) is 0.0706. The van der Waals surface area contributed by atoms with E-state index in [0.717, 1.165) is 100 Å². The second kappa shape index (κ2) is 19.8. The third kappa shape index (κ3) is 9.56. The number of anilines is 6. The van der Waals surface area contributed by atoms with Gasteiger partial charge in [-0.2, -0.15) is 4.98 Å². The molecule has 342 valence electrons. The van der Waals surface area contributed by atoms with Crippen molar-refractivity contribution in [2.75, 3.05) is 73.3 Å². The molecule has 15 nitrogen and oxygen atoms in total. The highest BCUT2D eigenvalue weighted by molar-refractivity contribution is 6.00. The monoisotopic (exact) mass is 882 g/mol. The Labute approximate surface area is 382 Å². The average Bonchev–Trinajstić information content (AvgIpc) is 3.88. The number of aromatic nitrogens is 3. The Bertz CT molecular complexity index is 2380. The Morgan fingerprint density at radius 3 is 2.38 bits per heavy atom. The van der Waals surface area contributed by atoms with Crippen molar-refractivity contribution in [3.8, 4) is 0 Å². The van der Waals surface area contributed by atoms with Gasteiger partial charge in [0.2, 0.25) is 11.9 Å². The summed E-state index contributed by atoms with van der Waals surface area (Å²) in [5.74, 6) is 1.27. The van der Waals surface area contributed by atoms with Gasteiger partial charge in [-0.25, -0.2) is 9.97 Å². The van der Waals surface area contributed by atoms with Gasteiger partial charge in [-0.15, -0.1) is 6.58 Å². The number of likely N-dealkylation sites (tertiary alicyclic amines) is 1. The van der Waals surface area contributed by atoms with Crippen LogP contribution in [0.4, 0.5) is 34.6 Å². The molecule has 4 N–H and O–H groups in total. The van der Waals surface area contributed by atoms with Gasteiger partial charge in [-0.1, -0.05) is 32.9 Å². The normalized spacial score (nSPS) is 18.9. The second-order valence-corrected chi connectivity index (χ2v) is 17.8. The predicted octanol–water partition coefficient (Wildman–Crippen LogP) is 6.58. The summed E-state index contributed by atoms with van der Waals surface area (Å²) in [4.78, 5) is 73.2. The van der Waals surface area contributed by atoms with E-state index in [1.165, 1.54) is 17.4 Å². The number of piperidine rings is 1. The molecule has 2 atom stereocenters. The van der Waals surface area contributed by atoms with Gasteiger partial charge in [0, 0.05) is 118 Å². The number of nitrogens with zero attached hydrogens (tertiary/aromatic N) is 7. The smallest absolute Gasteiger partial charge is 0.256 e. The molecule has 2 aromatic carbocycles. The number of fused-ring (bicyclic) bond motifs is 2. The summed E-state index contributed by atoms with van der Waals surface area (Å²) < 4.78 is 0. The summed E-state index contributed by atoms with van der Waals surface area (Å²) in [5.41, 5.74) is 7.80. The van der Waals surface area contributed by atoms with Crippen molar-refractivity contribution in [3.63, 3.8) is 0 Å². The predicted molar refractivity (Wildman–Crippen MR) is 255 cm³/mol. The molecular weight excluding hydrogens is 819 g/mol. The number of hydrogen-bond donors (Lipinski definition) is 4. The van der Waals surface area contributed by atoms with E-state index in [1.807, 2.05) is 44.2 Å². The Hall–Kier alpha value is -6.35. The summed E-state index contributed by atoms with van der Waals surface area (Å²) in [6, 6.07) is 18.4. The molecule has 4 aromatic rings. The molecule has 1 aliphatic carbocycles. The van der Waals surface area contributed by atoms with Crippen LogP contribution in [0.15, 0.2) is 73.4 Å². The van der Waals surface area contributed by atoms with Crippen LogP contribution >= 0.6 is 0 Å². The summed E-state index contributed by atoms with van der Waals surface area (Å²) in [7, 11) is 1.57. The maximum atomic E-state index is 13.2. The average molecular weight is 882 g/mol. The summed E-state index contributed by atoms with van der Waals surface area (Å²) >= 11 is 0. The van der Waals surface area contributed by atoms with Gasteiger partial charge in [-0.3, -0.25) is 19.3 Å². The lowest BCUT2D eigenvalue weighted by atomic mass is 9.71. The lowest BCUT2D eigenvalue weighted by Crippen LogP contribution is -2.74. The zero-order chi connectivity index (χ0) is 45.7. The number of nitrogens with one attached hydrogen (secondary N) is 4. The van der Waals surface area contributed by atoms with Crippen LogP contribution in [0.3, 0.4) is 0 Å². The zero-order valence-electron chi connectivity index (χ0n) is 38.2. The highest BCUT2D eigenvalue weighted by Gasteiger charge is 2.53. The van der Waals surface area contributed by atoms with E-state index in [9.17, 15) is 19.2 Å². The third-order valence-corrected chi connectivity index (χ3v) is 13.7. The first-order valence-corrected chi connectivity index (χ1v) is 23.4. The molecule has 9 rings (SSSR count).